The van der Waals surface area contributed by atoms with Crippen molar-refractivity contribution in [2.45, 2.75) is 45.1 Å². The van der Waals surface area contributed by atoms with Crippen LogP contribution >= 0.6 is 0 Å². The van der Waals surface area contributed by atoms with E-state index >= 15 is 0 Å². The first-order valence-electron chi connectivity index (χ1n) is 6.31. The Kier molecular flexibility index (Phi) is 3.79. The van der Waals surface area contributed by atoms with Crippen molar-refractivity contribution in [2.75, 3.05) is 0 Å². The summed E-state index contributed by atoms with van der Waals surface area (Å²) >= 11 is 0. The van der Waals surface area contributed by atoms with Gasteiger partial charge in [0, 0.05) is 24.8 Å². The molecule has 0 unspecified atom stereocenters. The fourth-order valence-electron chi connectivity index (χ4n) is 2.15. The summed E-state index contributed by atoms with van der Waals surface area (Å²) in [5.74, 6) is -0.906. The standard InChI is InChI=1S/C12H15F3N4O2/c1-8-7-9(2)18(17-8)6-3-10(20)19-11(21,4-5-16-19)12(13,14)15/h5,7,21H,3-4,6H2,1-2H3/t11-/m1/s1. The molecule has 0 bridgehead atoms. The molecule has 116 valence electrons. The average molecular weight is 304 g/mol. The minimum absolute atomic E-state index is 0.110. The van der Waals surface area contributed by atoms with E-state index in [0.717, 1.165) is 17.6 Å². The van der Waals surface area contributed by atoms with Crippen molar-refractivity contribution in [2.24, 2.45) is 5.10 Å². The zero-order valence-corrected chi connectivity index (χ0v) is 11.6. The Balaban J connectivity index is 2.06. The van der Waals surface area contributed by atoms with Crippen LogP contribution < -0.4 is 0 Å². The Morgan fingerprint density at radius 2 is 2.14 bits per heavy atom. The van der Waals surface area contributed by atoms with Gasteiger partial charge in [0.05, 0.1) is 12.2 Å². The second-order valence-corrected chi connectivity index (χ2v) is 4.92. The zero-order chi connectivity index (χ0) is 15.8. The molecule has 9 heteroatoms. The van der Waals surface area contributed by atoms with Gasteiger partial charge in [-0.1, -0.05) is 0 Å². The molecule has 0 aromatic carbocycles. The minimum atomic E-state index is -4.96. The van der Waals surface area contributed by atoms with Gasteiger partial charge >= 0.3 is 6.18 Å². The van der Waals surface area contributed by atoms with Gasteiger partial charge < -0.3 is 5.11 Å². The summed E-state index contributed by atoms with van der Waals surface area (Å²) in [6, 6.07) is 1.80. The van der Waals surface area contributed by atoms with Gasteiger partial charge in [0.25, 0.3) is 5.72 Å². The monoisotopic (exact) mass is 304 g/mol. The number of hydrogen-bond acceptors (Lipinski definition) is 4. The molecule has 21 heavy (non-hydrogen) atoms. The largest absolute Gasteiger partial charge is 0.438 e. The van der Waals surface area contributed by atoms with Crippen LogP contribution in [0.4, 0.5) is 13.2 Å². The van der Waals surface area contributed by atoms with E-state index in [1.807, 2.05) is 0 Å². The number of hydrazone groups is 1. The van der Waals surface area contributed by atoms with Crippen LogP contribution in [0.1, 0.15) is 24.2 Å². The van der Waals surface area contributed by atoms with Gasteiger partial charge in [0.2, 0.25) is 5.91 Å². The zero-order valence-electron chi connectivity index (χ0n) is 11.6. The van der Waals surface area contributed by atoms with E-state index in [2.05, 4.69) is 10.2 Å². The number of amides is 1. The third-order valence-corrected chi connectivity index (χ3v) is 3.25. The molecule has 0 aliphatic carbocycles. The molecule has 1 atom stereocenters. The first-order valence-corrected chi connectivity index (χ1v) is 6.31. The molecule has 0 radical (unpaired) electrons. The summed E-state index contributed by atoms with van der Waals surface area (Å²) in [6.07, 6.45) is -5.08. The number of halogens is 3. The maximum absolute atomic E-state index is 12.8. The number of aryl methyl sites for hydroxylation is 3. The predicted molar refractivity (Wildman–Crippen MR) is 67.3 cm³/mol. The number of nitrogens with zero attached hydrogens (tertiary/aromatic N) is 4. The second-order valence-electron chi connectivity index (χ2n) is 4.92. The van der Waals surface area contributed by atoms with Crippen LogP contribution in [-0.4, -0.2) is 43.9 Å². The van der Waals surface area contributed by atoms with Crippen LogP contribution in [0.5, 0.6) is 0 Å². The molecule has 1 amide bonds. The first kappa shape index (κ1) is 15.5. The lowest BCUT2D eigenvalue weighted by atomic mass is 10.1. The Morgan fingerprint density at radius 1 is 1.48 bits per heavy atom. The van der Waals surface area contributed by atoms with E-state index in [9.17, 15) is 23.1 Å². The summed E-state index contributed by atoms with van der Waals surface area (Å²) in [7, 11) is 0. The first-order chi connectivity index (χ1) is 9.65. The third-order valence-electron chi connectivity index (χ3n) is 3.25. The lowest BCUT2D eigenvalue weighted by molar-refractivity contribution is -0.302. The number of carbonyl (C=O) groups is 1. The van der Waals surface area contributed by atoms with Gasteiger partial charge in [0.15, 0.2) is 0 Å². The molecule has 1 N–H and O–H groups in total. The van der Waals surface area contributed by atoms with E-state index in [4.69, 9.17) is 0 Å². The Labute approximate surface area is 118 Å². The van der Waals surface area contributed by atoms with E-state index in [1.54, 1.807) is 19.9 Å². The van der Waals surface area contributed by atoms with Crippen molar-refractivity contribution >= 4 is 12.1 Å². The minimum Gasteiger partial charge on any atom is -0.362 e. The highest BCUT2D eigenvalue weighted by Gasteiger charge is 2.61. The topological polar surface area (TPSA) is 70.7 Å². The number of alkyl halides is 3. The molecule has 1 aromatic rings. The molecule has 2 rings (SSSR count). The molecular weight excluding hydrogens is 289 g/mol. The van der Waals surface area contributed by atoms with Crippen molar-refractivity contribution in [3.8, 4) is 0 Å². The number of aliphatic hydroxyl groups is 1. The van der Waals surface area contributed by atoms with Crippen LogP contribution in [0.3, 0.4) is 0 Å². The number of rotatable bonds is 3. The highest BCUT2D eigenvalue weighted by molar-refractivity contribution is 5.80. The van der Waals surface area contributed by atoms with Gasteiger partial charge in [-0.3, -0.25) is 9.48 Å². The summed E-state index contributed by atoms with van der Waals surface area (Å²) in [4.78, 5) is 11.9. The Hall–Kier alpha value is -1.90. The molecule has 6 nitrogen and oxygen atoms in total. The number of carbonyl (C=O) groups excluding carboxylic acids is 1. The number of aromatic nitrogens is 2. The normalized spacial score (nSPS) is 22.1. The predicted octanol–water partition coefficient (Wildman–Crippen LogP) is 1.36. The molecule has 0 spiro atoms. The molecule has 2 heterocycles. The van der Waals surface area contributed by atoms with Crippen molar-refractivity contribution < 1.29 is 23.1 Å². The van der Waals surface area contributed by atoms with E-state index < -0.39 is 24.2 Å². The average Bonchev–Trinajstić information content (AvgIpc) is 2.90. The van der Waals surface area contributed by atoms with Crippen molar-refractivity contribution in [1.29, 1.82) is 0 Å². The Bertz CT molecular complexity index is 582. The molecule has 1 aliphatic rings. The third kappa shape index (κ3) is 2.78. The summed E-state index contributed by atoms with van der Waals surface area (Å²) in [5, 5.41) is 17.2. The van der Waals surface area contributed by atoms with E-state index in [-0.39, 0.29) is 18.0 Å². The van der Waals surface area contributed by atoms with Crippen LogP contribution in [0.15, 0.2) is 11.2 Å². The SMILES string of the molecule is Cc1cc(C)n(CCC(=O)N2N=CC[C@@]2(O)C(F)(F)F)n1. The maximum Gasteiger partial charge on any atom is 0.438 e. The van der Waals surface area contributed by atoms with Gasteiger partial charge in [-0.05, 0) is 19.9 Å². The lowest BCUT2D eigenvalue weighted by Gasteiger charge is -2.32. The molecule has 0 saturated carbocycles. The second kappa shape index (κ2) is 5.14. The summed E-state index contributed by atoms with van der Waals surface area (Å²) in [6.45, 7) is 3.68. The van der Waals surface area contributed by atoms with Crippen LogP contribution in [-0.2, 0) is 11.3 Å². The van der Waals surface area contributed by atoms with Gasteiger partial charge in [0.1, 0.15) is 0 Å². The molecule has 1 aliphatic heterocycles. The van der Waals surface area contributed by atoms with E-state index in [0.29, 0.717) is 0 Å². The molecule has 0 saturated heterocycles. The highest BCUT2D eigenvalue weighted by atomic mass is 19.4. The van der Waals surface area contributed by atoms with Crippen molar-refractivity contribution in [1.82, 2.24) is 14.8 Å². The summed E-state index contributed by atoms with van der Waals surface area (Å²) in [5.41, 5.74) is -1.69. The maximum atomic E-state index is 12.8. The van der Waals surface area contributed by atoms with Gasteiger partial charge in [-0.15, -0.1) is 0 Å². The summed E-state index contributed by atoms with van der Waals surface area (Å²) < 4.78 is 40.1. The highest BCUT2D eigenvalue weighted by Crippen LogP contribution is 2.38. The molecule has 1 aromatic heterocycles. The van der Waals surface area contributed by atoms with Crippen LogP contribution in [0.25, 0.3) is 0 Å². The lowest BCUT2D eigenvalue weighted by Crippen LogP contribution is -2.56. The quantitative estimate of drug-likeness (QED) is 0.916. The van der Waals surface area contributed by atoms with E-state index in [1.165, 1.54) is 4.68 Å². The van der Waals surface area contributed by atoms with Gasteiger partial charge in [-0.25, -0.2) is 0 Å². The number of hydrogen-bond donors (Lipinski definition) is 1. The molecular formula is C12H15F3N4O2. The van der Waals surface area contributed by atoms with Crippen LogP contribution in [0.2, 0.25) is 0 Å². The van der Waals surface area contributed by atoms with Crippen molar-refractivity contribution in [3.05, 3.63) is 17.5 Å². The smallest absolute Gasteiger partial charge is 0.362 e. The fraction of sp³-hybridized carbons (Fsp3) is 0.583. The Morgan fingerprint density at radius 3 is 2.67 bits per heavy atom. The molecule has 0 fully saturated rings. The van der Waals surface area contributed by atoms with Crippen LogP contribution in [0, 0.1) is 13.8 Å². The fourth-order valence-corrected chi connectivity index (χ4v) is 2.15. The van der Waals surface area contributed by atoms with Gasteiger partial charge in [-0.2, -0.15) is 28.4 Å². The van der Waals surface area contributed by atoms with Crippen molar-refractivity contribution in [3.63, 3.8) is 0 Å².